The molecular formula is C18H27N3O2. The molecule has 0 radical (unpaired) electrons. The van der Waals surface area contributed by atoms with Gasteiger partial charge in [-0.3, -0.25) is 4.99 Å². The number of hydrogen-bond acceptors (Lipinski definition) is 3. The second-order valence-corrected chi connectivity index (χ2v) is 6.51. The first kappa shape index (κ1) is 16.3. The van der Waals surface area contributed by atoms with Crippen molar-refractivity contribution in [2.45, 2.75) is 57.5 Å². The minimum absolute atomic E-state index is 0.311. The molecule has 0 spiro atoms. The maximum atomic E-state index is 10.3. The molecule has 3 N–H and O–H groups in total. The van der Waals surface area contributed by atoms with Gasteiger partial charge in [-0.05, 0) is 38.7 Å². The third-order valence-electron chi connectivity index (χ3n) is 4.62. The molecule has 4 atom stereocenters. The average Bonchev–Trinajstić information content (AvgIpc) is 3.15. The monoisotopic (exact) mass is 317 g/mol. The third kappa shape index (κ3) is 4.03. The fourth-order valence-corrected chi connectivity index (χ4v) is 3.45. The third-order valence-corrected chi connectivity index (χ3v) is 4.62. The summed E-state index contributed by atoms with van der Waals surface area (Å²) in [7, 11) is 0. The number of fused-ring (bicyclic) bond motifs is 2. The van der Waals surface area contributed by atoms with Gasteiger partial charge in [0.05, 0.1) is 30.9 Å². The molecule has 2 fully saturated rings. The van der Waals surface area contributed by atoms with Gasteiger partial charge in [0.15, 0.2) is 5.96 Å². The van der Waals surface area contributed by atoms with E-state index in [1.807, 2.05) is 38.1 Å². The van der Waals surface area contributed by atoms with Crippen LogP contribution in [-0.4, -0.2) is 42.4 Å². The number of nitrogens with zero attached hydrogens (tertiary/aromatic N) is 1. The maximum Gasteiger partial charge on any atom is 0.191 e. The molecule has 2 heterocycles. The summed E-state index contributed by atoms with van der Waals surface area (Å²) in [5, 5.41) is 17.1. The van der Waals surface area contributed by atoms with Crippen molar-refractivity contribution < 1.29 is 9.84 Å². The van der Waals surface area contributed by atoms with E-state index < -0.39 is 6.10 Å². The van der Waals surface area contributed by atoms with Crippen molar-refractivity contribution in [1.29, 1.82) is 0 Å². The summed E-state index contributed by atoms with van der Waals surface area (Å²) in [6.07, 6.45) is 3.51. The van der Waals surface area contributed by atoms with Gasteiger partial charge >= 0.3 is 0 Å². The van der Waals surface area contributed by atoms with Gasteiger partial charge in [-0.15, -0.1) is 0 Å². The van der Waals surface area contributed by atoms with Crippen LogP contribution in [-0.2, 0) is 4.74 Å². The van der Waals surface area contributed by atoms with Gasteiger partial charge in [-0.2, -0.15) is 0 Å². The molecule has 0 amide bonds. The number of benzene rings is 1. The Morgan fingerprint density at radius 2 is 2.30 bits per heavy atom. The standard InChI is InChI=1S/C18H27N3O2/c1-3-19-18(21-15-10-14-7-8-17(15)23-14)20-11-16(22)13-6-4-5-12(2)9-13/h4-6,9,14-17,22H,3,7-8,10-11H2,1-2H3,(H2,19,20,21). The molecule has 23 heavy (non-hydrogen) atoms. The van der Waals surface area contributed by atoms with Crippen molar-refractivity contribution >= 4 is 5.96 Å². The molecule has 0 aliphatic carbocycles. The lowest BCUT2D eigenvalue weighted by molar-refractivity contribution is 0.0992. The van der Waals surface area contributed by atoms with E-state index in [1.165, 1.54) is 6.42 Å². The van der Waals surface area contributed by atoms with Gasteiger partial charge in [0.1, 0.15) is 0 Å². The Kier molecular flexibility index (Phi) is 5.18. The van der Waals surface area contributed by atoms with Crippen molar-refractivity contribution in [3.8, 4) is 0 Å². The fourth-order valence-electron chi connectivity index (χ4n) is 3.45. The smallest absolute Gasteiger partial charge is 0.191 e. The zero-order valence-corrected chi connectivity index (χ0v) is 14.0. The summed E-state index contributed by atoms with van der Waals surface area (Å²) in [6, 6.07) is 8.28. The van der Waals surface area contributed by atoms with Crippen LogP contribution in [0.15, 0.2) is 29.3 Å². The van der Waals surface area contributed by atoms with Crippen molar-refractivity contribution in [2.75, 3.05) is 13.1 Å². The SMILES string of the molecule is CCNC(=NCC(O)c1cccc(C)c1)NC1CC2CCC1O2. The first-order valence-corrected chi connectivity index (χ1v) is 8.60. The molecule has 1 aromatic rings. The number of hydrogen-bond donors (Lipinski definition) is 3. The highest BCUT2D eigenvalue weighted by molar-refractivity contribution is 5.80. The second kappa shape index (κ2) is 7.32. The first-order chi connectivity index (χ1) is 11.2. The number of guanidine groups is 1. The van der Waals surface area contributed by atoms with Crippen LogP contribution < -0.4 is 10.6 Å². The molecule has 2 saturated heterocycles. The summed E-state index contributed by atoms with van der Waals surface area (Å²) in [6.45, 7) is 5.22. The molecule has 5 nitrogen and oxygen atoms in total. The van der Waals surface area contributed by atoms with Gasteiger partial charge in [-0.1, -0.05) is 29.8 Å². The number of aliphatic imine (C=N–C) groups is 1. The second-order valence-electron chi connectivity index (χ2n) is 6.51. The van der Waals surface area contributed by atoms with E-state index in [-0.39, 0.29) is 0 Å². The molecule has 2 aliphatic rings. The zero-order chi connectivity index (χ0) is 16.2. The maximum absolute atomic E-state index is 10.3. The molecule has 126 valence electrons. The Labute approximate surface area is 138 Å². The highest BCUT2D eigenvalue weighted by Crippen LogP contribution is 2.34. The minimum Gasteiger partial charge on any atom is -0.386 e. The van der Waals surface area contributed by atoms with Gasteiger partial charge in [0.25, 0.3) is 0 Å². The van der Waals surface area contributed by atoms with Gasteiger partial charge in [0.2, 0.25) is 0 Å². The Morgan fingerprint density at radius 3 is 2.96 bits per heavy atom. The number of nitrogens with one attached hydrogen (secondary N) is 2. The summed E-state index contributed by atoms with van der Waals surface area (Å²) in [5.41, 5.74) is 2.06. The van der Waals surface area contributed by atoms with Crippen molar-refractivity contribution in [2.24, 2.45) is 4.99 Å². The molecule has 2 aliphatic heterocycles. The predicted octanol–water partition coefficient (Wildman–Crippen LogP) is 1.90. The predicted molar refractivity (Wildman–Crippen MR) is 91.6 cm³/mol. The lowest BCUT2D eigenvalue weighted by Crippen LogP contribution is -2.47. The largest absolute Gasteiger partial charge is 0.386 e. The van der Waals surface area contributed by atoms with Crippen LogP contribution >= 0.6 is 0 Å². The Morgan fingerprint density at radius 1 is 1.43 bits per heavy atom. The number of aliphatic hydroxyl groups is 1. The summed E-state index contributed by atoms with van der Waals surface area (Å²) >= 11 is 0. The van der Waals surface area contributed by atoms with Crippen LogP contribution in [0.2, 0.25) is 0 Å². The lowest BCUT2D eigenvalue weighted by Gasteiger charge is -2.23. The van der Waals surface area contributed by atoms with E-state index in [4.69, 9.17) is 4.74 Å². The summed E-state index contributed by atoms with van der Waals surface area (Å²) in [5.74, 6) is 0.764. The number of rotatable bonds is 5. The highest BCUT2D eigenvalue weighted by atomic mass is 16.5. The normalized spacial score (nSPS) is 28.0. The molecule has 4 unspecified atom stereocenters. The van der Waals surface area contributed by atoms with Crippen molar-refractivity contribution in [3.63, 3.8) is 0 Å². The molecule has 5 heteroatoms. The van der Waals surface area contributed by atoms with Gasteiger partial charge in [0, 0.05) is 6.54 Å². The van der Waals surface area contributed by atoms with Gasteiger partial charge in [-0.25, -0.2) is 0 Å². The highest BCUT2D eigenvalue weighted by Gasteiger charge is 2.41. The van der Waals surface area contributed by atoms with Crippen LogP contribution in [0.5, 0.6) is 0 Å². The van der Waals surface area contributed by atoms with E-state index in [0.717, 1.165) is 36.5 Å². The van der Waals surface area contributed by atoms with Crippen LogP contribution in [0.3, 0.4) is 0 Å². The molecule has 2 bridgehead atoms. The molecule has 3 rings (SSSR count). The van der Waals surface area contributed by atoms with E-state index in [0.29, 0.717) is 24.8 Å². The van der Waals surface area contributed by atoms with E-state index in [9.17, 15) is 5.11 Å². The Bertz CT molecular complexity index is 561. The molecule has 0 saturated carbocycles. The lowest BCUT2D eigenvalue weighted by atomic mass is 9.96. The van der Waals surface area contributed by atoms with E-state index in [2.05, 4.69) is 15.6 Å². The quantitative estimate of drug-likeness (QED) is 0.573. The van der Waals surface area contributed by atoms with Crippen LogP contribution in [0.25, 0.3) is 0 Å². The van der Waals surface area contributed by atoms with Crippen LogP contribution in [0.4, 0.5) is 0 Å². The number of aliphatic hydroxyl groups excluding tert-OH is 1. The Hall–Kier alpha value is -1.59. The van der Waals surface area contributed by atoms with Gasteiger partial charge < -0.3 is 20.5 Å². The van der Waals surface area contributed by atoms with E-state index in [1.54, 1.807) is 0 Å². The Balaban J connectivity index is 1.60. The van der Waals surface area contributed by atoms with Crippen LogP contribution in [0.1, 0.15) is 43.4 Å². The fraction of sp³-hybridized carbons (Fsp3) is 0.611. The average molecular weight is 317 g/mol. The minimum atomic E-state index is -0.582. The molecule has 1 aromatic carbocycles. The summed E-state index contributed by atoms with van der Waals surface area (Å²) in [4.78, 5) is 4.56. The number of aryl methyl sites for hydroxylation is 1. The first-order valence-electron chi connectivity index (χ1n) is 8.60. The number of ether oxygens (including phenoxy) is 1. The zero-order valence-electron chi connectivity index (χ0n) is 14.0. The van der Waals surface area contributed by atoms with Crippen LogP contribution in [0, 0.1) is 6.92 Å². The van der Waals surface area contributed by atoms with Crippen molar-refractivity contribution in [1.82, 2.24) is 10.6 Å². The molecule has 0 aromatic heterocycles. The molecular weight excluding hydrogens is 290 g/mol. The van der Waals surface area contributed by atoms with Crippen molar-refractivity contribution in [3.05, 3.63) is 35.4 Å². The summed E-state index contributed by atoms with van der Waals surface area (Å²) < 4.78 is 5.88. The van der Waals surface area contributed by atoms with E-state index >= 15 is 0 Å². The topological polar surface area (TPSA) is 65.9 Å².